The van der Waals surface area contributed by atoms with Crippen molar-refractivity contribution in [3.05, 3.63) is 23.8 Å². The van der Waals surface area contributed by atoms with Crippen molar-refractivity contribution in [3.8, 4) is 17.9 Å². The lowest BCUT2D eigenvalue weighted by Crippen LogP contribution is -2.12. The second-order valence-corrected chi connectivity index (χ2v) is 5.02. The van der Waals surface area contributed by atoms with Crippen LogP contribution in [0.5, 0.6) is 5.75 Å². The average molecular weight is 257 g/mol. The van der Waals surface area contributed by atoms with Gasteiger partial charge in [-0.3, -0.25) is 0 Å². The first-order valence-corrected chi connectivity index (χ1v) is 6.26. The van der Waals surface area contributed by atoms with Gasteiger partial charge in [0.25, 0.3) is 0 Å². The van der Waals surface area contributed by atoms with Crippen molar-refractivity contribution >= 4 is 5.69 Å². The van der Waals surface area contributed by atoms with Crippen LogP contribution in [0.3, 0.4) is 0 Å². The number of nitrogens with zero attached hydrogens (tertiary/aromatic N) is 2. The number of rotatable bonds is 6. The van der Waals surface area contributed by atoms with Gasteiger partial charge in [-0.2, -0.15) is 10.5 Å². The van der Waals surface area contributed by atoms with Crippen LogP contribution in [0.4, 0.5) is 5.69 Å². The molecule has 4 heteroatoms. The third-order valence-corrected chi connectivity index (χ3v) is 2.95. The second-order valence-electron chi connectivity index (χ2n) is 5.02. The molecule has 0 aliphatic rings. The Hall–Kier alpha value is -2.20. The molecule has 19 heavy (non-hydrogen) atoms. The summed E-state index contributed by atoms with van der Waals surface area (Å²) in [5.41, 5.74) is 0.988. The van der Waals surface area contributed by atoms with Crippen LogP contribution in [0.1, 0.15) is 32.3 Å². The van der Waals surface area contributed by atoms with Gasteiger partial charge in [0.2, 0.25) is 0 Å². The molecule has 0 radical (unpaired) electrons. The van der Waals surface area contributed by atoms with Crippen molar-refractivity contribution in [1.82, 2.24) is 0 Å². The maximum Gasteiger partial charge on any atom is 0.143 e. The maximum absolute atomic E-state index is 9.07. The number of benzene rings is 1. The minimum Gasteiger partial charge on any atom is -0.495 e. The first kappa shape index (κ1) is 14.9. The van der Waals surface area contributed by atoms with Crippen LogP contribution in [0.2, 0.25) is 0 Å². The highest BCUT2D eigenvalue weighted by Gasteiger charge is 2.16. The molecule has 0 aliphatic heterocycles. The van der Waals surface area contributed by atoms with Crippen LogP contribution >= 0.6 is 0 Å². The van der Waals surface area contributed by atoms with Gasteiger partial charge in [-0.1, -0.05) is 6.07 Å². The van der Waals surface area contributed by atoms with Crippen molar-refractivity contribution in [2.75, 3.05) is 19.0 Å². The molecule has 1 rings (SSSR count). The predicted octanol–water partition coefficient (Wildman–Crippen LogP) is 3.31. The summed E-state index contributed by atoms with van der Waals surface area (Å²) < 4.78 is 5.24. The number of para-hydroxylation sites is 1. The molecule has 4 nitrogen and oxygen atoms in total. The molecule has 0 saturated carbocycles. The fourth-order valence-electron chi connectivity index (χ4n) is 1.78. The number of nitrogens with one attached hydrogen (secondary N) is 1. The van der Waals surface area contributed by atoms with Gasteiger partial charge in [0.1, 0.15) is 11.8 Å². The molecule has 0 atom stereocenters. The normalized spacial score (nSPS) is 10.4. The lowest BCUT2D eigenvalue weighted by Gasteiger charge is -2.16. The van der Waals surface area contributed by atoms with E-state index in [1.165, 1.54) is 0 Å². The fourth-order valence-corrected chi connectivity index (χ4v) is 1.78. The number of hydrogen-bond donors (Lipinski definition) is 1. The van der Waals surface area contributed by atoms with E-state index in [-0.39, 0.29) is 5.41 Å². The van der Waals surface area contributed by atoms with Gasteiger partial charge in [0, 0.05) is 6.54 Å². The lowest BCUT2D eigenvalue weighted by molar-refractivity contribution is 0.415. The first-order chi connectivity index (χ1) is 9.04. The molecule has 100 valence electrons. The Balaban J connectivity index is 2.64. The van der Waals surface area contributed by atoms with E-state index in [1.807, 2.05) is 19.9 Å². The molecule has 1 aromatic carbocycles. The average Bonchev–Trinajstić information content (AvgIpc) is 2.43. The van der Waals surface area contributed by atoms with Crippen LogP contribution in [0.15, 0.2) is 18.2 Å². The maximum atomic E-state index is 9.07. The van der Waals surface area contributed by atoms with Gasteiger partial charge in [0.15, 0.2) is 0 Å². The van der Waals surface area contributed by atoms with E-state index in [9.17, 15) is 0 Å². The number of anilines is 1. The van der Waals surface area contributed by atoms with E-state index in [0.717, 1.165) is 18.5 Å². The topological polar surface area (TPSA) is 68.8 Å². The van der Waals surface area contributed by atoms with E-state index in [2.05, 4.69) is 17.5 Å². The van der Waals surface area contributed by atoms with Gasteiger partial charge in [0.05, 0.1) is 29.8 Å². The fraction of sp³-hybridized carbons (Fsp3) is 0.467. The number of methoxy groups -OCH3 is 1. The van der Waals surface area contributed by atoms with Gasteiger partial charge >= 0.3 is 0 Å². The summed E-state index contributed by atoms with van der Waals surface area (Å²) in [5.74, 6) is 0.665. The highest BCUT2D eigenvalue weighted by atomic mass is 16.5. The minimum absolute atomic E-state index is 0.305. The predicted molar refractivity (Wildman–Crippen MR) is 74.8 cm³/mol. The number of ether oxygens (including phenoxy) is 1. The van der Waals surface area contributed by atoms with Crippen molar-refractivity contribution < 1.29 is 4.74 Å². The molecule has 0 saturated heterocycles. The Morgan fingerprint density at radius 3 is 2.63 bits per heavy atom. The molecular weight excluding hydrogens is 238 g/mol. The summed E-state index contributed by atoms with van der Waals surface area (Å²) in [5, 5.41) is 21.2. The van der Waals surface area contributed by atoms with Crippen LogP contribution in [-0.2, 0) is 0 Å². The second kappa shape index (κ2) is 6.66. The standard InChI is InChI=1S/C15H19N3O/c1-15(2,11-17)8-5-9-18-14-12(10-16)6-4-7-13(14)19-3/h4,6-7,18H,5,8-9H2,1-3H3. The summed E-state index contributed by atoms with van der Waals surface area (Å²) in [6, 6.07) is 9.79. The molecule has 0 bridgehead atoms. The van der Waals surface area contributed by atoms with E-state index in [0.29, 0.717) is 17.9 Å². The van der Waals surface area contributed by atoms with Crippen LogP contribution < -0.4 is 10.1 Å². The summed E-state index contributed by atoms with van der Waals surface area (Å²) in [4.78, 5) is 0. The Bertz CT molecular complexity index is 509. The van der Waals surface area contributed by atoms with Crippen molar-refractivity contribution in [1.29, 1.82) is 10.5 Å². The Kier molecular flexibility index (Phi) is 5.21. The smallest absolute Gasteiger partial charge is 0.143 e. The molecular formula is C15H19N3O. The molecule has 0 spiro atoms. The van der Waals surface area contributed by atoms with Gasteiger partial charge < -0.3 is 10.1 Å². The SMILES string of the molecule is COc1cccc(C#N)c1NCCCC(C)(C)C#N. The summed E-state index contributed by atoms with van der Waals surface area (Å²) in [7, 11) is 1.58. The van der Waals surface area contributed by atoms with Crippen LogP contribution in [0.25, 0.3) is 0 Å². The van der Waals surface area contributed by atoms with Gasteiger partial charge in [-0.05, 0) is 38.8 Å². The molecule has 0 fully saturated rings. The van der Waals surface area contributed by atoms with E-state index in [4.69, 9.17) is 15.3 Å². The Labute approximate surface area is 114 Å². The first-order valence-electron chi connectivity index (χ1n) is 6.26. The van der Waals surface area contributed by atoms with Crippen LogP contribution in [-0.4, -0.2) is 13.7 Å². The zero-order chi connectivity index (χ0) is 14.3. The van der Waals surface area contributed by atoms with E-state index in [1.54, 1.807) is 19.2 Å². The van der Waals surface area contributed by atoms with Crippen LogP contribution in [0, 0.1) is 28.1 Å². The highest BCUT2D eigenvalue weighted by Crippen LogP contribution is 2.28. The third kappa shape index (κ3) is 4.19. The molecule has 1 N–H and O–H groups in total. The molecule has 0 amide bonds. The van der Waals surface area contributed by atoms with Crippen molar-refractivity contribution in [3.63, 3.8) is 0 Å². The summed E-state index contributed by atoms with van der Waals surface area (Å²) in [6.45, 7) is 4.56. The lowest BCUT2D eigenvalue weighted by atomic mass is 9.90. The van der Waals surface area contributed by atoms with Crippen molar-refractivity contribution in [2.45, 2.75) is 26.7 Å². The summed E-state index contributed by atoms with van der Waals surface area (Å²) >= 11 is 0. The number of nitriles is 2. The van der Waals surface area contributed by atoms with Crippen molar-refractivity contribution in [2.24, 2.45) is 5.41 Å². The molecule has 0 unspecified atom stereocenters. The Morgan fingerprint density at radius 1 is 1.32 bits per heavy atom. The number of hydrogen-bond acceptors (Lipinski definition) is 4. The molecule has 0 aliphatic carbocycles. The monoisotopic (exact) mass is 257 g/mol. The molecule has 0 aromatic heterocycles. The highest BCUT2D eigenvalue weighted by molar-refractivity contribution is 5.66. The Morgan fingerprint density at radius 2 is 2.05 bits per heavy atom. The van der Waals surface area contributed by atoms with Gasteiger partial charge in [-0.25, -0.2) is 0 Å². The zero-order valence-electron chi connectivity index (χ0n) is 11.7. The quantitative estimate of drug-likeness (QED) is 0.794. The third-order valence-electron chi connectivity index (χ3n) is 2.95. The van der Waals surface area contributed by atoms with E-state index < -0.39 is 0 Å². The van der Waals surface area contributed by atoms with E-state index >= 15 is 0 Å². The van der Waals surface area contributed by atoms with Gasteiger partial charge in [-0.15, -0.1) is 0 Å². The zero-order valence-corrected chi connectivity index (χ0v) is 11.7. The largest absolute Gasteiger partial charge is 0.495 e. The molecule has 1 aromatic rings. The minimum atomic E-state index is -0.305. The molecule has 0 heterocycles. The summed E-state index contributed by atoms with van der Waals surface area (Å²) in [6.07, 6.45) is 1.68.